The van der Waals surface area contributed by atoms with Crippen LogP contribution in [0.25, 0.3) is 0 Å². The first kappa shape index (κ1) is 14.0. The molecule has 0 aliphatic carbocycles. The Hall–Kier alpha value is 0.460. The zero-order valence-corrected chi connectivity index (χ0v) is 8.23. The molecule has 0 amide bonds. The summed E-state index contributed by atoms with van der Waals surface area (Å²) in [7, 11) is 0. The molecule has 0 bridgehead atoms. The van der Waals surface area contributed by atoms with Crippen LogP contribution in [0.3, 0.4) is 0 Å². The van der Waals surface area contributed by atoms with Crippen molar-refractivity contribution in [2.75, 3.05) is 26.2 Å². The molecule has 1 aliphatic rings. The highest BCUT2D eigenvalue weighted by molar-refractivity contribution is 5.85. The molecule has 1 unspecified atom stereocenters. The van der Waals surface area contributed by atoms with E-state index in [1.807, 2.05) is 6.92 Å². The van der Waals surface area contributed by atoms with Crippen LogP contribution >= 0.6 is 24.8 Å². The quantitative estimate of drug-likeness (QED) is 0.551. The number of piperazine rings is 1. The predicted octanol–water partition coefficient (Wildman–Crippen LogP) is -0.226. The van der Waals surface area contributed by atoms with E-state index in [4.69, 9.17) is 5.11 Å². The summed E-state index contributed by atoms with van der Waals surface area (Å²) in [4.78, 5) is 0. The number of aliphatic hydroxyl groups is 1. The van der Waals surface area contributed by atoms with Gasteiger partial charge in [0.15, 0.2) is 0 Å². The van der Waals surface area contributed by atoms with E-state index < -0.39 is 0 Å². The van der Waals surface area contributed by atoms with E-state index in [-0.39, 0.29) is 37.0 Å². The molecule has 1 heterocycles. The Balaban J connectivity index is 0. The van der Waals surface area contributed by atoms with E-state index in [1.54, 1.807) is 0 Å². The smallest absolute Gasteiger partial charge is 0.0623 e. The van der Waals surface area contributed by atoms with Gasteiger partial charge in [0, 0.05) is 19.6 Å². The molecule has 1 aliphatic heterocycles. The minimum absolute atomic E-state index is 0. The molecular weight excluding hydrogens is 187 g/mol. The van der Waals surface area contributed by atoms with Gasteiger partial charge in [-0.15, -0.1) is 24.8 Å². The molecule has 0 aromatic carbocycles. The summed E-state index contributed by atoms with van der Waals surface area (Å²) in [5.74, 6) is 0. The van der Waals surface area contributed by atoms with Crippen molar-refractivity contribution in [1.82, 2.24) is 10.6 Å². The molecular formula is C6H16Cl2N2O. The van der Waals surface area contributed by atoms with Crippen molar-refractivity contribution in [2.45, 2.75) is 12.5 Å². The van der Waals surface area contributed by atoms with E-state index in [1.165, 1.54) is 0 Å². The van der Waals surface area contributed by atoms with Crippen LogP contribution in [0.4, 0.5) is 0 Å². The topological polar surface area (TPSA) is 44.3 Å². The van der Waals surface area contributed by atoms with Gasteiger partial charge in [0.2, 0.25) is 0 Å². The Bertz CT molecular complexity index is 96.6. The summed E-state index contributed by atoms with van der Waals surface area (Å²) < 4.78 is 0. The van der Waals surface area contributed by atoms with Crippen LogP contribution in [-0.4, -0.2) is 36.9 Å². The minimum atomic E-state index is -0.0851. The molecule has 1 saturated heterocycles. The maximum absolute atomic E-state index is 8.85. The van der Waals surface area contributed by atoms with Gasteiger partial charge in [0.1, 0.15) is 0 Å². The SMILES string of the molecule is CC1(CO)CNCCN1.Cl.Cl. The Morgan fingerprint density at radius 1 is 1.36 bits per heavy atom. The van der Waals surface area contributed by atoms with Gasteiger partial charge in [-0.05, 0) is 6.92 Å². The monoisotopic (exact) mass is 202 g/mol. The highest BCUT2D eigenvalue weighted by Gasteiger charge is 2.24. The maximum Gasteiger partial charge on any atom is 0.0623 e. The summed E-state index contributed by atoms with van der Waals surface area (Å²) in [6, 6.07) is 0. The summed E-state index contributed by atoms with van der Waals surface area (Å²) in [5.41, 5.74) is -0.0851. The molecule has 0 spiro atoms. The highest BCUT2D eigenvalue weighted by atomic mass is 35.5. The van der Waals surface area contributed by atoms with Crippen molar-refractivity contribution >= 4 is 24.8 Å². The van der Waals surface area contributed by atoms with Gasteiger partial charge < -0.3 is 15.7 Å². The normalized spacial score (nSPS) is 30.0. The van der Waals surface area contributed by atoms with Crippen LogP contribution in [0.2, 0.25) is 0 Å². The second-order valence-electron chi connectivity index (χ2n) is 2.82. The number of halogens is 2. The first-order chi connectivity index (χ1) is 4.27. The van der Waals surface area contributed by atoms with Gasteiger partial charge in [-0.3, -0.25) is 0 Å². The molecule has 0 saturated carbocycles. The molecule has 70 valence electrons. The second kappa shape index (κ2) is 6.03. The zero-order chi connectivity index (χ0) is 6.74. The third-order valence-electron chi connectivity index (χ3n) is 1.72. The van der Waals surface area contributed by atoms with Crippen molar-refractivity contribution in [1.29, 1.82) is 0 Å². The molecule has 1 rings (SSSR count). The van der Waals surface area contributed by atoms with E-state index >= 15 is 0 Å². The molecule has 1 fully saturated rings. The zero-order valence-electron chi connectivity index (χ0n) is 6.59. The van der Waals surface area contributed by atoms with E-state index in [0.29, 0.717) is 0 Å². The molecule has 3 nitrogen and oxygen atoms in total. The number of aliphatic hydroxyl groups excluding tert-OH is 1. The molecule has 0 radical (unpaired) electrons. The number of hydrogen-bond acceptors (Lipinski definition) is 3. The van der Waals surface area contributed by atoms with Crippen LogP contribution in [0.5, 0.6) is 0 Å². The molecule has 0 aromatic heterocycles. The fourth-order valence-electron chi connectivity index (χ4n) is 0.991. The van der Waals surface area contributed by atoms with Crippen LogP contribution in [0.1, 0.15) is 6.92 Å². The lowest BCUT2D eigenvalue weighted by Crippen LogP contribution is -2.59. The molecule has 11 heavy (non-hydrogen) atoms. The fourth-order valence-corrected chi connectivity index (χ4v) is 0.991. The second-order valence-corrected chi connectivity index (χ2v) is 2.82. The Labute approximate surface area is 79.8 Å². The summed E-state index contributed by atoms with van der Waals surface area (Å²) in [6.07, 6.45) is 0. The van der Waals surface area contributed by atoms with Crippen molar-refractivity contribution in [3.63, 3.8) is 0 Å². The van der Waals surface area contributed by atoms with Crippen LogP contribution in [0.15, 0.2) is 0 Å². The first-order valence-corrected chi connectivity index (χ1v) is 3.33. The Morgan fingerprint density at radius 2 is 2.00 bits per heavy atom. The fraction of sp³-hybridized carbons (Fsp3) is 1.00. The van der Waals surface area contributed by atoms with Crippen LogP contribution in [0, 0.1) is 0 Å². The van der Waals surface area contributed by atoms with E-state index in [2.05, 4.69) is 10.6 Å². The molecule has 3 N–H and O–H groups in total. The van der Waals surface area contributed by atoms with Gasteiger partial charge in [0.25, 0.3) is 0 Å². The first-order valence-electron chi connectivity index (χ1n) is 3.33. The number of nitrogens with one attached hydrogen (secondary N) is 2. The third-order valence-corrected chi connectivity index (χ3v) is 1.72. The van der Waals surface area contributed by atoms with Gasteiger partial charge in [-0.25, -0.2) is 0 Å². The lowest BCUT2D eigenvalue weighted by atomic mass is 10.0. The molecule has 0 aromatic rings. The third kappa shape index (κ3) is 4.13. The van der Waals surface area contributed by atoms with Crippen molar-refractivity contribution in [2.24, 2.45) is 0 Å². The van der Waals surface area contributed by atoms with Gasteiger partial charge in [-0.2, -0.15) is 0 Å². The Kier molecular flexibility index (Phi) is 7.68. The summed E-state index contributed by atoms with van der Waals surface area (Å²) in [5, 5.41) is 15.3. The van der Waals surface area contributed by atoms with Gasteiger partial charge in [-0.1, -0.05) is 0 Å². The van der Waals surface area contributed by atoms with Crippen molar-refractivity contribution in [3.05, 3.63) is 0 Å². The summed E-state index contributed by atoms with van der Waals surface area (Å²) in [6.45, 7) is 5.05. The molecule has 1 atom stereocenters. The van der Waals surface area contributed by atoms with Crippen molar-refractivity contribution < 1.29 is 5.11 Å². The largest absolute Gasteiger partial charge is 0.394 e. The number of hydrogen-bond donors (Lipinski definition) is 3. The highest BCUT2D eigenvalue weighted by Crippen LogP contribution is 2.01. The lowest BCUT2D eigenvalue weighted by Gasteiger charge is -2.33. The molecule has 5 heteroatoms. The minimum Gasteiger partial charge on any atom is -0.394 e. The average Bonchev–Trinajstić information content (AvgIpc) is 1.90. The average molecular weight is 203 g/mol. The lowest BCUT2D eigenvalue weighted by molar-refractivity contribution is 0.157. The van der Waals surface area contributed by atoms with Gasteiger partial charge in [0.05, 0.1) is 12.1 Å². The predicted molar refractivity (Wildman–Crippen MR) is 50.9 cm³/mol. The number of rotatable bonds is 1. The van der Waals surface area contributed by atoms with Crippen molar-refractivity contribution in [3.8, 4) is 0 Å². The van der Waals surface area contributed by atoms with Gasteiger partial charge >= 0.3 is 0 Å². The Morgan fingerprint density at radius 3 is 2.27 bits per heavy atom. The van der Waals surface area contributed by atoms with Crippen LogP contribution < -0.4 is 10.6 Å². The van der Waals surface area contributed by atoms with E-state index in [9.17, 15) is 0 Å². The summed E-state index contributed by atoms with van der Waals surface area (Å²) >= 11 is 0. The maximum atomic E-state index is 8.85. The standard InChI is InChI=1S/C6H14N2O.2ClH/c1-6(5-9)4-7-2-3-8-6;;/h7-9H,2-5H2,1H3;2*1H. The van der Waals surface area contributed by atoms with E-state index in [0.717, 1.165) is 19.6 Å². The van der Waals surface area contributed by atoms with Crippen LogP contribution in [-0.2, 0) is 0 Å².